The summed E-state index contributed by atoms with van der Waals surface area (Å²) in [7, 11) is 0. The number of carbonyl (C=O) groups is 1. The Kier molecular flexibility index (Phi) is 8.36. The van der Waals surface area contributed by atoms with Gasteiger partial charge in [0.05, 0.1) is 24.3 Å². The van der Waals surface area contributed by atoms with Crippen LogP contribution in [0.1, 0.15) is 11.1 Å². The highest BCUT2D eigenvalue weighted by Gasteiger charge is 2.14. The number of ether oxygens (including phenoxy) is 1. The number of halogens is 2. The Hall–Kier alpha value is -3.58. The number of hydrogen-bond donors (Lipinski definition) is 1. The molecule has 0 bridgehead atoms. The van der Waals surface area contributed by atoms with Crippen LogP contribution in [0.4, 0.5) is 5.69 Å². The maximum absolute atomic E-state index is 13.4. The molecule has 5 rings (SSSR count). The lowest BCUT2D eigenvalue weighted by atomic mass is 10.2. The third-order valence-electron chi connectivity index (χ3n) is 5.90. The van der Waals surface area contributed by atoms with Crippen LogP contribution in [0.15, 0.2) is 101 Å². The summed E-state index contributed by atoms with van der Waals surface area (Å²) < 4.78 is 8.83. The molecule has 0 aliphatic carbocycles. The zero-order valence-electron chi connectivity index (χ0n) is 20.8. The minimum absolute atomic E-state index is 0.119. The molecule has 0 fully saturated rings. The van der Waals surface area contributed by atoms with Gasteiger partial charge in [0.1, 0.15) is 5.75 Å². The molecule has 4 aromatic carbocycles. The molecule has 1 heterocycles. The molecule has 0 saturated carbocycles. The van der Waals surface area contributed by atoms with Gasteiger partial charge in [-0.1, -0.05) is 60.7 Å². The Labute approximate surface area is 252 Å². The molecule has 0 aliphatic rings. The van der Waals surface area contributed by atoms with Gasteiger partial charge < -0.3 is 10.1 Å². The largest absolute Gasteiger partial charge is 0.482 e. The molecule has 0 atom stereocenters. The zero-order valence-corrected chi connectivity index (χ0v) is 25.1. The molecule has 0 spiro atoms. The smallest absolute Gasteiger partial charge is 0.282 e. The van der Waals surface area contributed by atoms with Crippen molar-refractivity contribution in [1.82, 2.24) is 9.66 Å². The second kappa shape index (κ2) is 12.1. The predicted octanol–water partition coefficient (Wildman–Crippen LogP) is 6.48. The summed E-state index contributed by atoms with van der Waals surface area (Å²) in [6, 6.07) is 28.1. The van der Waals surface area contributed by atoms with E-state index in [1.165, 1.54) is 4.68 Å². The zero-order chi connectivity index (χ0) is 27.4. The molecule has 0 aliphatic heterocycles. The quantitative estimate of drug-likeness (QED) is 0.153. The van der Waals surface area contributed by atoms with E-state index >= 15 is 0 Å². The first-order valence-corrected chi connectivity index (χ1v) is 14.2. The van der Waals surface area contributed by atoms with Crippen LogP contribution in [-0.2, 0) is 4.79 Å². The van der Waals surface area contributed by atoms with Gasteiger partial charge in [-0.25, -0.2) is 4.98 Å². The molecule has 1 aromatic heterocycles. The van der Waals surface area contributed by atoms with E-state index in [1.807, 2.05) is 91.9 Å². The highest BCUT2D eigenvalue weighted by Crippen LogP contribution is 2.29. The summed E-state index contributed by atoms with van der Waals surface area (Å²) in [4.78, 5) is 30.6. The average molecular weight is 740 g/mol. The first kappa shape index (κ1) is 27.0. The standard InChI is InChI=1S/C30H22I2N4O3/c1-19-9-5-7-13-25(19)34-27(37)18-39-28-23(31)15-20(16-24(28)32)17-33-36-29(21-10-3-2-4-11-21)35-26-14-8-6-12-22(26)30(36)38/h2-17H,18H2,1H3,(H,34,37). The molecule has 1 amide bonds. The Morgan fingerprint density at radius 3 is 2.38 bits per heavy atom. The van der Waals surface area contributed by atoms with Crippen LogP contribution in [0.3, 0.4) is 0 Å². The molecule has 0 unspecified atom stereocenters. The van der Waals surface area contributed by atoms with Crippen LogP contribution in [-0.4, -0.2) is 28.4 Å². The summed E-state index contributed by atoms with van der Waals surface area (Å²) >= 11 is 4.34. The number of fused-ring (bicyclic) bond motifs is 1. The van der Waals surface area contributed by atoms with Gasteiger partial charge in [-0.05, 0) is 93.6 Å². The highest BCUT2D eigenvalue weighted by atomic mass is 127. The van der Waals surface area contributed by atoms with Gasteiger partial charge in [-0.3, -0.25) is 9.59 Å². The van der Waals surface area contributed by atoms with Crippen LogP contribution in [0, 0.1) is 14.1 Å². The summed E-state index contributed by atoms with van der Waals surface area (Å²) in [6.45, 7) is 1.82. The maximum Gasteiger partial charge on any atom is 0.282 e. The van der Waals surface area contributed by atoms with E-state index in [-0.39, 0.29) is 18.1 Å². The van der Waals surface area contributed by atoms with E-state index in [0.29, 0.717) is 22.5 Å². The minimum atomic E-state index is -0.250. The average Bonchev–Trinajstić information content (AvgIpc) is 2.94. The van der Waals surface area contributed by atoms with Gasteiger partial charge in [0, 0.05) is 11.3 Å². The fourth-order valence-electron chi connectivity index (χ4n) is 3.96. The minimum Gasteiger partial charge on any atom is -0.482 e. The van der Waals surface area contributed by atoms with E-state index < -0.39 is 0 Å². The fourth-order valence-corrected chi connectivity index (χ4v) is 6.09. The highest BCUT2D eigenvalue weighted by molar-refractivity contribution is 14.1. The normalized spacial score (nSPS) is 11.2. The summed E-state index contributed by atoms with van der Waals surface area (Å²) in [5.74, 6) is 0.834. The molecule has 194 valence electrons. The number of nitrogens with one attached hydrogen (secondary N) is 1. The number of aryl methyl sites for hydroxylation is 1. The van der Waals surface area contributed by atoms with Gasteiger partial charge in [-0.15, -0.1) is 0 Å². The fraction of sp³-hybridized carbons (Fsp3) is 0.0667. The maximum atomic E-state index is 13.4. The number of aromatic nitrogens is 2. The SMILES string of the molecule is Cc1ccccc1NC(=O)COc1c(I)cc(C=Nn2c(-c3ccccc3)nc3ccccc3c2=O)cc1I. The van der Waals surface area contributed by atoms with Crippen molar-refractivity contribution in [3.63, 3.8) is 0 Å². The number of carbonyl (C=O) groups excluding carboxylic acids is 1. The molecular formula is C30H22I2N4O3. The van der Waals surface area contributed by atoms with Crippen molar-refractivity contribution < 1.29 is 9.53 Å². The number of hydrogen-bond acceptors (Lipinski definition) is 5. The molecular weight excluding hydrogens is 718 g/mol. The van der Waals surface area contributed by atoms with Gasteiger partial charge in [0.15, 0.2) is 12.4 Å². The van der Waals surface area contributed by atoms with Crippen molar-refractivity contribution in [2.75, 3.05) is 11.9 Å². The topological polar surface area (TPSA) is 85.6 Å². The van der Waals surface area contributed by atoms with Crippen LogP contribution < -0.4 is 15.6 Å². The number of nitrogens with zero attached hydrogens (tertiary/aromatic N) is 3. The summed E-state index contributed by atoms with van der Waals surface area (Å²) in [5, 5.41) is 7.92. The number of amides is 1. The second-order valence-corrected chi connectivity index (χ2v) is 11.0. The summed E-state index contributed by atoms with van der Waals surface area (Å²) in [6.07, 6.45) is 1.63. The van der Waals surface area contributed by atoms with Gasteiger partial charge in [0.25, 0.3) is 11.5 Å². The first-order valence-electron chi connectivity index (χ1n) is 12.0. The Morgan fingerprint density at radius 2 is 1.64 bits per heavy atom. The van der Waals surface area contributed by atoms with Gasteiger partial charge in [0.2, 0.25) is 0 Å². The van der Waals surface area contributed by atoms with E-state index in [1.54, 1.807) is 12.3 Å². The van der Waals surface area contributed by atoms with Crippen molar-refractivity contribution in [3.05, 3.63) is 120 Å². The monoisotopic (exact) mass is 740 g/mol. The van der Waals surface area contributed by atoms with Crippen LogP contribution >= 0.6 is 45.2 Å². The van der Waals surface area contributed by atoms with E-state index in [2.05, 4.69) is 55.6 Å². The molecule has 0 saturated heterocycles. The molecule has 9 heteroatoms. The van der Waals surface area contributed by atoms with Crippen LogP contribution in [0.5, 0.6) is 5.75 Å². The van der Waals surface area contributed by atoms with Crippen molar-refractivity contribution in [3.8, 4) is 17.1 Å². The number of benzene rings is 4. The third-order valence-corrected chi connectivity index (χ3v) is 7.50. The molecule has 0 radical (unpaired) electrons. The van der Waals surface area contributed by atoms with Crippen molar-refractivity contribution in [2.24, 2.45) is 5.10 Å². The lowest BCUT2D eigenvalue weighted by Crippen LogP contribution is -2.21. The van der Waals surface area contributed by atoms with E-state index in [0.717, 1.165) is 29.5 Å². The Bertz CT molecular complexity index is 1750. The molecule has 39 heavy (non-hydrogen) atoms. The van der Waals surface area contributed by atoms with E-state index in [9.17, 15) is 9.59 Å². The van der Waals surface area contributed by atoms with Gasteiger partial charge in [-0.2, -0.15) is 9.78 Å². The summed E-state index contributed by atoms with van der Waals surface area (Å²) in [5.41, 5.74) is 3.67. The molecule has 7 nitrogen and oxygen atoms in total. The lowest BCUT2D eigenvalue weighted by Gasteiger charge is -2.13. The first-order chi connectivity index (χ1) is 18.9. The molecule has 5 aromatic rings. The number of rotatable bonds is 7. The van der Waals surface area contributed by atoms with Crippen molar-refractivity contribution in [1.29, 1.82) is 0 Å². The molecule has 1 N–H and O–H groups in total. The Morgan fingerprint density at radius 1 is 0.974 bits per heavy atom. The second-order valence-electron chi connectivity index (χ2n) is 8.65. The number of anilines is 1. The third kappa shape index (κ3) is 6.19. The van der Waals surface area contributed by atoms with Crippen LogP contribution in [0.2, 0.25) is 0 Å². The van der Waals surface area contributed by atoms with Crippen LogP contribution in [0.25, 0.3) is 22.3 Å². The van der Waals surface area contributed by atoms with Crippen molar-refractivity contribution >= 4 is 73.9 Å². The van der Waals surface area contributed by atoms with E-state index in [4.69, 9.17) is 9.72 Å². The van der Waals surface area contributed by atoms with Gasteiger partial charge >= 0.3 is 0 Å². The number of para-hydroxylation sites is 2. The Balaban J connectivity index is 1.40. The lowest BCUT2D eigenvalue weighted by molar-refractivity contribution is -0.118. The van der Waals surface area contributed by atoms with Crippen molar-refractivity contribution in [2.45, 2.75) is 6.92 Å². The predicted molar refractivity (Wildman–Crippen MR) is 172 cm³/mol.